The molecule has 0 aromatic carbocycles. The Labute approximate surface area is 144 Å². The van der Waals surface area contributed by atoms with Crippen LogP contribution in [-0.2, 0) is 6.42 Å². The molecule has 2 aromatic heterocycles. The first-order valence-corrected chi connectivity index (χ1v) is 8.84. The first kappa shape index (κ1) is 16.8. The summed E-state index contributed by atoms with van der Waals surface area (Å²) in [6.45, 7) is 5.55. The van der Waals surface area contributed by atoms with E-state index in [1.54, 1.807) is 6.20 Å². The number of aryl methyl sites for hydroxylation is 1. The lowest BCUT2D eigenvalue weighted by atomic mass is 9.98. The highest BCUT2D eigenvalue weighted by Gasteiger charge is 2.20. The Hall–Kier alpha value is -2.01. The lowest BCUT2D eigenvalue weighted by molar-refractivity contribution is 0.213. The maximum absolute atomic E-state index is 4.77. The van der Waals surface area contributed by atoms with E-state index in [2.05, 4.69) is 46.9 Å². The first-order valence-electron chi connectivity index (χ1n) is 8.84. The molecule has 1 aliphatic heterocycles. The van der Waals surface area contributed by atoms with Gasteiger partial charge in [0, 0.05) is 38.1 Å². The Morgan fingerprint density at radius 1 is 1.29 bits per heavy atom. The van der Waals surface area contributed by atoms with E-state index in [0.717, 1.165) is 36.0 Å². The van der Waals surface area contributed by atoms with E-state index in [-0.39, 0.29) is 0 Å². The summed E-state index contributed by atoms with van der Waals surface area (Å²) in [5.74, 6) is 2.42. The third-order valence-electron chi connectivity index (χ3n) is 4.67. The highest BCUT2D eigenvalue weighted by molar-refractivity contribution is 5.53. The molecule has 0 saturated carbocycles. The largest absolute Gasteiger partial charge is 0.359 e. The molecule has 3 heterocycles. The molecular weight excluding hydrogens is 298 g/mol. The minimum absolute atomic E-state index is 0.701. The van der Waals surface area contributed by atoms with Crippen molar-refractivity contribution in [2.24, 2.45) is 5.92 Å². The van der Waals surface area contributed by atoms with Crippen LogP contribution < -0.4 is 4.90 Å². The van der Waals surface area contributed by atoms with Crippen molar-refractivity contribution in [2.45, 2.75) is 26.2 Å². The third kappa shape index (κ3) is 4.09. The number of pyridine rings is 1. The summed E-state index contributed by atoms with van der Waals surface area (Å²) >= 11 is 0. The summed E-state index contributed by atoms with van der Waals surface area (Å²) in [4.78, 5) is 18.5. The second-order valence-electron chi connectivity index (χ2n) is 6.76. The molecule has 0 spiro atoms. The molecule has 5 heteroatoms. The fourth-order valence-corrected chi connectivity index (χ4v) is 3.37. The minimum Gasteiger partial charge on any atom is -0.359 e. The molecule has 1 fully saturated rings. The average molecular weight is 325 g/mol. The van der Waals surface area contributed by atoms with Crippen molar-refractivity contribution < 1.29 is 0 Å². The molecule has 0 aliphatic carbocycles. The van der Waals surface area contributed by atoms with Crippen molar-refractivity contribution in [3.05, 3.63) is 36.2 Å². The van der Waals surface area contributed by atoms with Gasteiger partial charge in [-0.15, -0.1) is 0 Å². The van der Waals surface area contributed by atoms with Crippen LogP contribution >= 0.6 is 0 Å². The maximum Gasteiger partial charge on any atom is 0.180 e. The van der Waals surface area contributed by atoms with Crippen LogP contribution in [0.25, 0.3) is 11.5 Å². The number of anilines is 1. The molecule has 24 heavy (non-hydrogen) atoms. The zero-order valence-corrected chi connectivity index (χ0v) is 14.9. The number of hydrogen-bond acceptors (Lipinski definition) is 5. The van der Waals surface area contributed by atoms with Gasteiger partial charge in [0.1, 0.15) is 11.5 Å². The van der Waals surface area contributed by atoms with Gasteiger partial charge in [-0.25, -0.2) is 9.97 Å². The standard InChI is InChI=1S/C19H27N5/c1-4-16-12-18(22-19(21-16)17-9-5-6-10-20-17)24(3)14-15-8-7-11-23(2)13-15/h5-6,9-10,12,15H,4,7-8,11,13-14H2,1-3H3. The molecule has 0 amide bonds. The number of hydrogen-bond donors (Lipinski definition) is 0. The SMILES string of the molecule is CCc1cc(N(C)CC2CCCN(C)C2)nc(-c2ccccn2)n1. The van der Waals surface area contributed by atoms with E-state index in [9.17, 15) is 0 Å². The predicted octanol–water partition coefficient (Wildman–Crippen LogP) is 2.88. The van der Waals surface area contributed by atoms with Gasteiger partial charge in [0.15, 0.2) is 5.82 Å². The topological polar surface area (TPSA) is 45.2 Å². The molecule has 3 rings (SSSR count). The summed E-state index contributed by atoms with van der Waals surface area (Å²) in [6, 6.07) is 7.97. The lowest BCUT2D eigenvalue weighted by Crippen LogP contribution is -2.38. The molecule has 1 aliphatic rings. The Balaban J connectivity index is 1.81. The van der Waals surface area contributed by atoms with Gasteiger partial charge >= 0.3 is 0 Å². The van der Waals surface area contributed by atoms with Crippen molar-refractivity contribution in [1.29, 1.82) is 0 Å². The molecule has 0 radical (unpaired) electrons. The van der Waals surface area contributed by atoms with E-state index in [0.29, 0.717) is 5.92 Å². The molecule has 5 nitrogen and oxygen atoms in total. The Bertz CT molecular complexity index is 658. The molecule has 128 valence electrons. The van der Waals surface area contributed by atoms with Gasteiger partial charge in [-0.2, -0.15) is 0 Å². The van der Waals surface area contributed by atoms with E-state index < -0.39 is 0 Å². The van der Waals surface area contributed by atoms with Gasteiger partial charge in [-0.1, -0.05) is 13.0 Å². The number of nitrogens with zero attached hydrogens (tertiary/aromatic N) is 5. The summed E-state index contributed by atoms with van der Waals surface area (Å²) in [5, 5.41) is 0. The van der Waals surface area contributed by atoms with Crippen LogP contribution in [0.15, 0.2) is 30.5 Å². The zero-order chi connectivity index (χ0) is 16.9. The number of likely N-dealkylation sites (tertiary alicyclic amines) is 1. The van der Waals surface area contributed by atoms with Crippen LogP contribution in [0.2, 0.25) is 0 Å². The molecule has 2 aromatic rings. The van der Waals surface area contributed by atoms with E-state index in [1.165, 1.54) is 25.9 Å². The summed E-state index contributed by atoms with van der Waals surface area (Å²) < 4.78 is 0. The smallest absolute Gasteiger partial charge is 0.180 e. The van der Waals surface area contributed by atoms with Gasteiger partial charge < -0.3 is 9.80 Å². The molecule has 1 unspecified atom stereocenters. The van der Waals surface area contributed by atoms with Gasteiger partial charge in [0.25, 0.3) is 0 Å². The highest BCUT2D eigenvalue weighted by Crippen LogP contribution is 2.21. The normalized spacial score (nSPS) is 18.5. The Morgan fingerprint density at radius 2 is 2.17 bits per heavy atom. The number of aromatic nitrogens is 3. The second kappa shape index (κ2) is 7.71. The maximum atomic E-state index is 4.77. The number of piperidine rings is 1. The average Bonchev–Trinajstić information content (AvgIpc) is 2.62. The molecule has 1 atom stereocenters. The summed E-state index contributed by atoms with van der Waals surface area (Å²) in [7, 11) is 4.35. The van der Waals surface area contributed by atoms with Crippen molar-refractivity contribution >= 4 is 5.82 Å². The van der Waals surface area contributed by atoms with Gasteiger partial charge in [0.05, 0.1) is 0 Å². The number of rotatable bonds is 5. The van der Waals surface area contributed by atoms with Gasteiger partial charge in [0.2, 0.25) is 0 Å². The van der Waals surface area contributed by atoms with Crippen molar-refractivity contribution in [1.82, 2.24) is 19.9 Å². The van der Waals surface area contributed by atoms with Crippen LogP contribution in [0.4, 0.5) is 5.82 Å². The Morgan fingerprint density at radius 3 is 2.88 bits per heavy atom. The van der Waals surface area contributed by atoms with Crippen LogP contribution in [0.1, 0.15) is 25.5 Å². The monoisotopic (exact) mass is 325 g/mol. The van der Waals surface area contributed by atoms with Crippen LogP contribution in [0, 0.1) is 5.92 Å². The molecular formula is C19H27N5. The molecule has 0 bridgehead atoms. The van der Waals surface area contributed by atoms with Crippen LogP contribution in [0.5, 0.6) is 0 Å². The van der Waals surface area contributed by atoms with Crippen molar-refractivity contribution in [3.63, 3.8) is 0 Å². The molecule has 1 saturated heterocycles. The summed E-state index contributed by atoms with van der Waals surface area (Å²) in [5.41, 5.74) is 1.90. The van der Waals surface area contributed by atoms with Crippen molar-refractivity contribution in [3.8, 4) is 11.5 Å². The zero-order valence-electron chi connectivity index (χ0n) is 14.9. The Kier molecular flexibility index (Phi) is 5.41. The fourth-order valence-electron chi connectivity index (χ4n) is 3.37. The quantitative estimate of drug-likeness (QED) is 0.846. The van der Waals surface area contributed by atoms with E-state index in [4.69, 9.17) is 4.98 Å². The fraction of sp³-hybridized carbons (Fsp3) is 0.526. The first-order chi connectivity index (χ1) is 11.7. The van der Waals surface area contributed by atoms with Gasteiger partial charge in [-0.05, 0) is 50.9 Å². The second-order valence-corrected chi connectivity index (χ2v) is 6.76. The highest BCUT2D eigenvalue weighted by atomic mass is 15.2. The van der Waals surface area contributed by atoms with E-state index >= 15 is 0 Å². The van der Waals surface area contributed by atoms with Gasteiger partial charge in [-0.3, -0.25) is 4.98 Å². The summed E-state index contributed by atoms with van der Waals surface area (Å²) in [6.07, 6.45) is 5.28. The minimum atomic E-state index is 0.701. The van der Waals surface area contributed by atoms with E-state index in [1.807, 2.05) is 18.2 Å². The van der Waals surface area contributed by atoms with Crippen LogP contribution in [-0.4, -0.2) is 53.6 Å². The van der Waals surface area contributed by atoms with Crippen LogP contribution in [0.3, 0.4) is 0 Å². The third-order valence-corrected chi connectivity index (χ3v) is 4.67. The van der Waals surface area contributed by atoms with Crippen molar-refractivity contribution in [2.75, 3.05) is 38.6 Å². The molecule has 0 N–H and O–H groups in total. The predicted molar refractivity (Wildman–Crippen MR) is 98.1 cm³/mol. The lowest BCUT2D eigenvalue weighted by Gasteiger charge is -2.32.